The molecule has 3 atom stereocenters. The number of carbonyl (C=O) groups is 4. The van der Waals surface area contributed by atoms with Crippen molar-refractivity contribution in [3.05, 3.63) is 59.2 Å². The maximum Gasteiger partial charge on any atom is 0.573 e. The van der Waals surface area contributed by atoms with Gasteiger partial charge >= 0.3 is 18.5 Å². The van der Waals surface area contributed by atoms with E-state index < -0.39 is 42.0 Å². The number of alkyl carbamates (subject to hydrolysis) is 1. The summed E-state index contributed by atoms with van der Waals surface area (Å²) in [4.78, 5) is 51.8. The normalized spacial score (nSPS) is 23.8. The van der Waals surface area contributed by atoms with Gasteiger partial charge in [-0.3, -0.25) is 14.9 Å². The quantitative estimate of drug-likeness (QED) is 0.520. The number of urea groups is 1. The highest BCUT2D eigenvalue weighted by molar-refractivity contribution is 6.04. The van der Waals surface area contributed by atoms with Crippen LogP contribution < -0.4 is 20.7 Å². The highest BCUT2D eigenvalue weighted by Crippen LogP contribution is 2.51. The van der Waals surface area contributed by atoms with E-state index in [9.17, 15) is 32.3 Å². The number of hydrogen-bond donors (Lipinski definition) is 3. The van der Waals surface area contributed by atoms with Crippen LogP contribution in [0.5, 0.6) is 5.75 Å². The lowest BCUT2D eigenvalue weighted by Crippen LogP contribution is -2.35. The lowest BCUT2D eigenvalue weighted by atomic mass is 9.93. The van der Waals surface area contributed by atoms with Crippen molar-refractivity contribution in [1.82, 2.24) is 15.5 Å². The minimum atomic E-state index is -4.88. The maximum atomic E-state index is 13.6. The molecule has 2 fully saturated rings. The Morgan fingerprint density at radius 2 is 1.95 bits per heavy atom. The Balaban J connectivity index is 1.43. The van der Waals surface area contributed by atoms with Crippen LogP contribution in [-0.4, -0.2) is 48.8 Å². The van der Waals surface area contributed by atoms with Crippen LogP contribution in [0.25, 0.3) is 0 Å². The number of benzene rings is 2. The third-order valence-corrected chi connectivity index (χ3v) is 7.29. The molecule has 0 bridgehead atoms. The first-order valence-corrected chi connectivity index (χ1v) is 12.3. The summed E-state index contributed by atoms with van der Waals surface area (Å²) in [5.74, 6) is -1.91. The Morgan fingerprint density at radius 1 is 1.18 bits per heavy atom. The Morgan fingerprint density at radius 3 is 2.64 bits per heavy atom. The number of para-hydroxylation sites is 1. The van der Waals surface area contributed by atoms with E-state index in [0.29, 0.717) is 36.2 Å². The number of carbonyl (C=O) groups excluding carboxylic acids is 4. The highest BCUT2D eigenvalue weighted by Gasteiger charge is 2.57. The Labute approximate surface area is 220 Å². The zero-order chi connectivity index (χ0) is 27.9. The molecule has 3 aliphatic rings. The molecule has 2 aromatic carbocycles. The van der Waals surface area contributed by atoms with Crippen molar-refractivity contribution in [3.63, 3.8) is 0 Å². The van der Waals surface area contributed by atoms with Crippen molar-refractivity contribution in [2.45, 2.75) is 49.6 Å². The minimum Gasteiger partial charge on any atom is -0.427 e. The van der Waals surface area contributed by atoms with E-state index >= 15 is 0 Å². The number of nitrogens with one attached hydrogen (secondary N) is 3. The number of halogens is 3. The molecule has 0 radical (unpaired) electrons. The molecule has 1 spiro atoms. The maximum absolute atomic E-state index is 13.6. The summed E-state index contributed by atoms with van der Waals surface area (Å²) in [7, 11) is 1.45. The van der Waals surface area contributed by atoms with Gasteiger partial charge in [-0.15, -0.1) is 13.2 Å². The van der Waals surface area contributed by atoms with Gasteiger partial charge in [-0.25, -0.2) is 9.59 Å². The first-order chi connectivity index (χ1) is 18.5. The zero-order valence-electron chi connectivity index (χ0n) is 20.8. The number of ether oxygens (including phenoxy) is 2. The van der Waals surface area contributed by atoms with Gasteiger partial charge in [0.1, 0.15) is 5.75 Å². The third-order valence-electron chi connectivity index (χ3n) is 7.29. The lowest BCUT2D eigenvalue weighted by molar-refractivity contribution is -0.275. The standard InChI is InChI=1S/C26H25F3N4O6/c1-30-23(36)31-15-8-9-18-17(12-15)14(13-25(18)22(35)32-24(37)39-25)11-21(34)33-10-4-6-19(33)16-5-2-3-7-20(16)38-26(27,28)29/h2-3,5,7-9,12,14,19H,4,6,10-11,13H2,1H3,(H2,30,31,36)(H,32,35,37)/t14?,19?,25-/m1/s1. The van der Waals surface area contributed by atoms with Crippen molar-refractivity contribution in [3.8, 4) is 5.75 Å². The molecule has 10 nitrogen and oxygen atoms in total. The van der Waals surface area contributed by atoms with Crippen LogP contribution in [0.1, 0.15) is 54.3 Å². The topological polar surface area (TPSA) is 126 Å². The van der Waals surface area contributed by atoms with Crippen LogP contribution in [0.4, 0.5) is 28.4 Å². The van der Waals surface area contributed by atoms with Crippen LogP contribution in [-0.2, 0) is 19.9 Å². The largest absolute Gasteiger partial charge is 0.573 e. The first kappa shape index (κ1) is 26.3. The summed E-state index contributed by atoms with van der Waals surface area (Å²) >= 11 is 0. The molecular formula is C26H25F3N4O6. The van der Waals surface area contributed by atoms with E-state index in [-0.39, 0.29) is 30.1 Å². The predicted octanol–water partition coefficient (Wildman–Crippen LogP) is 4.04. The fourth-order valence-electron chi connectivity index (χ4n) is 5.71. The van der Waals surface area contributed by atoms with E-state index in [1.54, 1.807) is 24.3 Å². The van der Waals surface area contributed by atoms with Crippen LogP contribution in [0.15, 0.2) is 42.5 Å². The second kappa shape index (κ2) is 9.79. The number of likely N-dealkylation sites (tertiary alicyclic amines) is 1. The molecule has 2 heterocycles. The summed E-state index contributed by atoms with van der Waals surface area (Å²) in [6, 6.07) is 9.42. The van der Waals surface area contributed by atoms with Crippen LogP contribution >= 0.6 is 0 Å². The molecule has 2 saturated heterocycles. The number of nitrogens with zero attached hydrogens (tertiary/aromatic N) is 1. The molecule has 5 rings (SSSR count). The predicted molar refractivity (Wildman–Crippen MR) is 130 cm³/mol. The van der Waals surface area contributed by atoms with E-state index in [1.807, 2.05) is 0 Å². The monoisotopic (exact) mass is 546 g/mol. The fourth-order valence-corrected chi connectivity index (χ4v) is 5.71. The van der Waals surface area contributed by atoms with E-state index in [0.717, 1.165) is 0 Å². The number of hydrogen-bond acceptors (Lipinski definition) is 6. The molecule has 1 aliphatic carbocycles. The van der Waals surface area contributed by atoms with Crippen LogP contribution in [0, 0.1) is 0 Å². The zero-order valence-corrected chi connectivity index (χ0v) is 20.8. The summed E-state index contributed by atoms with van der Waals surface area (Å²) in [6.07, 6.45) is -4.84. The third kappa shape index (κ3) is 4.95. The first-order valence-electron chi connectivity index (χ1n) is 12.3. The van der Waals surface area contributed by atoms with Crippen LogP contribution in [0.3, 0.4) is 0 Å². The van der Waals surface area contributed by atoms with E-state index in [4.69, 9.17) is 4.74 Å². The number of amides is 5. The molecule has 0 aromatic heterocycles. The second-order valence-electron chi connectivity index (χ2n) is 9.61. The average molecular weight is 547 g/mol. The summed E-state index contributed by atoms with van der Waals surface area (Å²) in [5.41, 5.74) is 0.0156. The smallest absolute Gasteiger partial charge is 0.427 e. The second-order valence-corrected chi connectivity index (χ2v) is 9.61. The Kier molecular flexibility index (Phi) is 6.60. The average Bonchev–Trinajstić information content (AvgIpc) is 3.55. The Hall–Kier alpha value is -4.29. The van der Waals surface area contributed by atoms with Gasteiger partial charge in [0.2, 0.25) is 11.5 Å². The molecule has 0 saturated carbocycles. The van der Waals surface area contributed by atoms with Gasteiger partial charge in [0.05, 0.1) is 6.04 Å². The summed E-state index contributed by atoms with van der Waals surface area (Å²) < 4.78 is 48.7. The number of fused-ring (bicyclic) bond motifs is 2. The Bertz CT molecular complexity index is 1350. The minimum absolute atomic E-state index is 0.00134. The molecule has 13 heteroatoms. The molecule has 3 N–H and O–H groups in total. The van der Waals surface area contributed by atoms with E-state index in [2.05, 4.69) is 20.7 Å². The van der Waals surface area contributed by atoms with Crippen LogP contribution in [0.2, 0.25) is 0 Å². The molecule has 206 valence electrons. The molecular weight excluding hydrogens is 521 g/mol. The van der Waals surface area contributed by atoms with Gasteiger partial charge < -0.3 is 25.0 Å². The number of anilines is 1. The lowest BCUT2D eigenvalue weighted by Gasteiger charge is -2.28. The van der Waals surface area contributed by atoms with Gasteiger partial charge in [0.25, 0.3) is 5.91 Å². The molecule has 2 aromatic rings. The summed E-state index contributed by atoms with van der Waals surface area (Å²) in [5, 5.41) is 7.23. The van der Waals surface area contributed by atoms with Gasteiger partial charge in [-0.05, 0) is 42.5 Å². The molecule has 39 heavy (non-hydrogen) atoms. The number of alkyl halides is 3. The molecule has 5 amide bonds. The fraction of sp³-hybridized carbons (Fsp3) is 0.385. The van der Waals surface area contributed by atoms with Crippen molar-refractivity contribution in [2.75, 3.05) is 18.9 Å². The van der Waals surface area contributed by atoms with Crippen molar-refractivity contribution in [1.29, 1.82) is 0 Å². The van der Waals surface area contributed by atoms with Crippen molar-refractivity contribution >= 4 is 29.6 Å². The number of rotatable bonds is 5. The molecule has 2 aliphatic heterocycles. The van der Waals surface area contributed by atoms with Gasteiger partial charge in [-0.2, -0.15) is 0 Å². The van der Waals surface area contributed by atoms with Gasteiger partial charge in [-0.1, -0.05) is 24.3 Å². The van der Waals surface area contributed by atoms with Gasteiger partial charge in [0.15, 0.2) is 0 Å². The van der Waals surface area contributed by atoms with Crippen molar-refractivity contribution < 1.29 is 41.8 Å². The molecule has 2 unspecified atom stereocenters. The SMILES string of the molecule is CNC(=O)Nc1ccc2c(c1)C(CC(=O)N1CCCC1c1ccccc1OC(F)(F)F)C[C@@]21OC(=O)NC1=O. The number of imide groups is 1. The summed E-state index contributed by atoms with van der Waals surface area (Å²) in [6.45, 7) is 0.336. The van der Waals surface area contributed by atoms with E-state index in [1.165, 1.54) is 30.1 Å². The van der Waals surface area contributed by atoms with Gasteiger partial charge in [0, 0.05) is 43.2 Å². The van der Waals surface area contributed by atoms with Crippen molar-refractivity contribution in [2.24, 2.45) is 0 Å². The highest BCUT2D eigenvalue weighted by atomic mass is 19.4.